The van der Waals surface area contributed by atoms with Gasteiger partial charge in [0.25, 0.3) is 0 Å². The summed E-state index contributed by atoms with van der Waals surface area (Å²) in [6.45, 7) is 3.12. The molecule has 1 rings (SSSR count). The maximum Gasteiger partial charge on any atom is 0.142 e. The van der Waals surface area contributed by atoms with Crippen LogP contribution in [0.25, 0.3) is 0 Å². The van der Waals surface area contributed by atoms with Gasteiger partial charge in [0, 0.05) is 11.8 Å². The molecule has 0 aliphatic rings. The highest BCUT2D eigenvalue weighted by molar-refractivity contribution is 7.98. The number of benzene rings is 1. The molecule has 1 N–H and O–H groups in total. The summed E-state index contributed by atoms with van der Waals surface area (Å²) in [6.07, 6.45) is 3.95. The second-order valence-corrected chi connectivity index (χ2v) is 5.31. The van der Waals surface area contributed by atoms with Gasteiger partial charge in [0.15, 0.2) is 0 Å². The second-order valence-electron chi connectivity index (χ2n) is 4.02. The summed E-state index contributed by atoms with van der Waals surface area (Å²) in [4.78, 5) is 0. The minimum atomic E-state index is -0.331. The van der Waals surface area contributed by atoms with Gasteiger partial charge >= 0.3 is 0 Å². The van der Waals surface area contributed by atoms with Gasteiger partial charge in [-0.1, -0.05) is 30.7 Å². The van der Waals surface area contributed by atoms with Crippen LogP contribution in [0.2, 0.25) is 5.02 Å². The summed E-state index contributed by atoms with van der Waals surface area (Å²) in [7, 11) is 0. The van der Waals surface area contributed by atoms with Crippen LogP contribution in [0, 0.1) is 5.82 Å². The third-order valence-corrected chi connectivity index (χ3v) is 3.71. The molecule has 0 spiro atoms. The summed E-state index contributed by atoms with van der Waals surface area (Å²) in [5.74, 6) is 0.676. The highest BCUT2D eigenvalue weighted by atomic mass is 35.5. The molecule has 96 valence electrons. The van der Waals surface area contributed by atoms with Crippen LogP contribution in [0.5, 0.6) is 0 Å². The van der Waals surface area contributed by atoms with E-state index >= 15 is 0 Å². The Morgan fingerprint density at radius 3 is 2.88 bits per heavy atom. The first-order chi connectivity index (χ1) is 8.19. The third-order valence-electron chi connectivity index (χ3n) is 2.55. The Labute approximate surface area is 112 Å². The Hall–Kier alpha value is -0.250. The molecule has 4 heteroatoms. The fourth-order valence-electron chi connectivity index (χ4n) is 1.71. The second kappa shape index (κ2) is 7.96. The fourth-order valence-corrected chi connectivity index (χ4v) is 2.55. The molecule has 1 unspecified atom stereocenters. The molecule has 0 heterocycles. The van der Waals surface area contributed by atoms with Crippen molar-refractivity contribution in [1.29, 1.82) is 0 Å². The van der Waals surface area contributed by atoms with Crippen molar-refractivity contribution in [3.8, 4) is 0 Å². The molecule has 0 saturated carbocycles. The molecule has 0 amide bonds. The Kier molecular flexibility index (Phi) is 6.93. The van der Waals surface area contributed by atoms with E-state index in [2.05, 4.69) is 18.5 Å². The number of halogens is 2. The number of hydrogen-bond acceptors (Lipinski definition) is 2. The summed E-state index contributed by atoms with van der Waals surface area (Å²) < 4.78 is 13.3. The Balaban J connectivity index is 2.67. The Morgan fingerprint density at radius 1 is 1.47 bits per heavy atom. The van der Waals surface area contributed by atoms with E-state index in [0.717, 1.165) is 30.7 Å². The Bertz CT molecular complexity index is 346. The number of nitrogens with one attached hydrogen (secondary N) is 1. The standard InChI is InChI=1S/C13H19ClFNS/c1-3-7-16-11(9-17-2)8-10-5-4-6-12(15)13(10)14/h4-6,11,16H,3,7-9H2,1-2H3. The van der Waals surface area contributed by atoms with Crippen molar-refractivity contribution in [2.75, 3.05) is 18.6 Å². The van der Waals surface area contributed by atoms with E-state index in [1.54, 1.807) is 17.8 Å². The van der Waals surface area contributed by atoms with Crippen molar-refractivity contribution in [2.45, 2.75) is 25.8 Å². The fraction of sp³-hybridized carbons (Fsp3) is 0.538. The highest BCUT2D eigenvalue weighted by Gasteiger charge is 2.12. The summed E-state index contributed by atoms with van der Waals surface area (Å²) in [5.41, 5.74) is 0.884. The van der Waals surface area contributed by atoms with E-state index < -0.39 is 0 Å². The van der Waals surface area contributed by atoms with Crippen molar-refractivity contribution in [1.82, 2.24) is 5.32 Å². The van der Waals surface area contributed by atoms with Gasteiger partial charge in [-0.25, -0.2) is 4.39 Å². The normalized spacial score (nSPS) is 12.7. The van der Waals surface area contributed by atoms with Gasteiger partial charge in [-0.3, -0.25) is 0 Å². The SMILES string of the molecule is CCCNC(CSC)Cc1cccc(F)c1Cl. The maximum atomic E-state index is 13.3. The van der Waals surface area contributed by atoms with Crippen LogP contribution in [-0.2, 0) is 6.42 Å². The summed E-state index contributed by atoms with van der Waals surface area (Å²) in [5, 5.41) is 3.72. The van der Waals surface area contributed by atoms with Crippen LogP contribution in [0.15, 0.2) is 18.2 Å². The van der Waals surface area contributed by atoms with Crippen molar-refractivity contribution in [3.63, 3.8) is 0 Å². The molecule has 0 fully saturated rings. The van der Waals surface area contributed by atoms with E-state index in [1.165, 1.54) is 6.07 Å². The molecule has 1 aromatic carbocycles. The van der Waals surface area contributed by atoms with E-state index in [9.17, 15) is 4.39 Å². The average Bonchev–Trinajstić information content (AvgIpc) is 2.32. The van der Waals surface area contributed by atoms with Gasteiger partial charge in [0.05, 0.1) is 5.02 Å². The zero-order valence-corrected chi connectivity index (χ0v) is 11.9. The van der Waals surface area contributed by atoms with Crippen LogP contribution < -0.4 is 5.32 Å². The molecule has 0 aliphatic heterocycles. The molecular weight excluding hydrogens is 257 g/mol. The van der Waals surface area contributed by atoms with Gasteiger partial charge in [-0.15, -0.1) is 0 Å². The molecular formula is C13H19ClFNS. The lowest BCUT2D eigenvalue weighted by Crippen LogP contribution is -2.34. The molecule has 0 aliphatic carbocycles. The zero-order valence-electron chi connectivity index (χ0n) is 10.3. The smallest absolute Gasteiger partial charge is 0.142 e. The van der Waals surface area contributed by atoms with Gasteiger partial charge in [-0.2, -0.15) is 11.8 Å². The molecule has 17 heavy (non-hydrogen) atoms. The quantitative estimate of drug-likeness (QED) is 0.813. The predicted molar refractivity (Wildman–Crippen MR) is 75.6 cm³/mol. The van der Waals surface area contributed by atoms with E-state index in [1.807, 2.05) is 6.07 Å². The lowest BCUT2D eigenvalue weighted by molar-refractivity contribution is 0.548. The molecule has 1 aromatic rings. The average molecular weight is 276 g/mol. The molecule has 1 nitrogen and oxygen atoms in total. The number of hydrogen-bond donors (Lipinski definition) is 1. The molecule has 0 saturated heterocycles. The van der Waals surface area contributed by atoms with Crippen molar-refractivity contribution < 1.29 is 4.39 Å². The van der Waals surface area contributed by atoms with Crippen LogP contribution in [0.3, 0.4) is 0 Å². The lowest BCUT2D eigenvalue weighted by atomic mass is 10.1. The maximum absolute atomic E-state index is 13.3. The van der Waals surface area contributed by atoms with E-state index in [4.69, 9.17) is 11.6 Å². The van der Waals surface area contributed by atoms with E-state index in [-0.39, 0.29) is 10.8 Å². The molecule has 0 aromatic heterocycles. The van der Waals surface area contributed by atoms with Gasteiger partial charge in [-0.05, 0) is 37.3 Å². The van der Waals surface area contributed by atoms with Gasteiger partial charge < -0.3 is 5.32 Å². The largest absolute Gasteiger partial charge is 0.313 e. The van der Waals surface area contributed by atoms with Crippen molar-refractivity contribution in [3.05, 3.63) is 34.6 Å². The third kappa shape index (κ3) is 4.86. The Morgan fingerprint density at radius 2 is 2.24 bits per heavy atom. The monoisotopic (exact) mass is 275 g/mol. The van der Waals surface area contributed by atoms with Gasteiger partial charge in [0.1, 0.15) is 5.82 Å². The minimum Gasteiger partial charge on any atom is -0.313 e. The summed E-state index contributed by atoms with van der Waals surface area (Å²) in [6, 6.07) is 5.36. The predicted octanol–water partition coefficient (Wildman–Crippen LogP) is 3.75. The lowest BCUT2D eigenvalue weighted by Gasteiger charge is -2.18. The summed E-state index contributed by atoms with van der Waals surface area (Å²) >= 11 is 7.75. The number of rotatable bonds is 7. The van der Waals surface area contributed by atoms with Crippen molar-refractivity contribution >= 4 is 23.4 Å². The first kappa shape index (κ1) is 14.8. The highest BCUT2D eigenvalue weighted by Crippen LogP contribution is 2.21. The van der Waals surface area contributed by atoms with Crippen LogP contribution >= 0.6 is 23.4 Å². The zero-order chi connectivity index (χ0) is 12.7. The van der Waals surface area contributed by atoms with Crippen molar-refractivity contribution in [2.24, 2.45) is 0 Å². The van der Waals surface area contributed by atoms with Gasteiger partial charge in [0.2, 0.25) is 0 Å². The molecule has 0 bridgehead atoms. The van der Waals surface area contributed by atoms with Crippen LogP contribution in [0.4, 0.5) is 4.39 Å². The first-order valence-corrected chi connectivity index (χ1v) is 7.61. The number of thioether (sulfide) groups is 1. The molecule has 0 radical (unpaired) electrons. The van der Waals surface area contributed by atoms with Crippen LogP contribution in [0.1, 0.15) is 18.9 Å². The minimum absolute atomic E-state index is 0.261. The molecule has 1 atom stereocenters. The first-order valence-electron chi connectivity index (χ1n) is 5.84. The topological polar surface area (TPSA) is 12.0 Å². The van der Waals surface area contributed by atoms with E-state index in [0.29, 0.717) is 6.04 Å². The van der Waals surface area contributed by atoms with Crippen LogP contribution in [-0.4, -0.2) is 24.6 Å².